The van der Waals surface area contributed by atoms with E-state index in [1.54, 1.807) is 16.8 Å². The molecule has 3 heterocycles. The molecule has 1 saturated heterocycles. The lowest BCUT2D eigenvalue weighted by molar-refractivity contribution is -0.157. The number of carbonyl (C=O) groups is 2. The van der Waals surface area contributed by atoms with Gasteiger partial charge in [0.25, 0.3) is 0 Å². The van der Waals surface area contributed by atoms with E-state index < -0.39 is 6.04 Å². The lowest BCUT2D eigenvalue weighted by Gasteiger charge is -2.46. The van der Waals surface area contributed by atoms with Gasteiger partial charge >= 0.3 is 0 Å². The van der Waals surface area contributed by atoms with Crippen molar-refractivity contribution in [3.8, 4) is 0 Å². The molecule has 2 atom stereocenters. The fourth-order valence-electron chi connectivity index (χ4n) is 4.39. The van der Waals surface area contributed by atoms with Gasteiger partial charge in [-0.1, -0.05) is 48.5 Å². The van der Waals surface area contributed by atoms with Crippen LogP contribution in [0.3, 0.4) is 0 Å². The summed E-state index contributed by atoms with van der Waals surface area (Å²) in [6, 6.07) is 17.4. The maximum atomic E-state index is 12.9. The molecule has 1 aromatic heterocycles. The van der Waals surface area contributed by atoms with Crippen molar-refractivity contribution in [1.82, 2.24) is 14.8 Å². The Hall–Kier alpha value is -3.08. The van der Waals surface area contributed by atoms with Crippen molar-refractivity contribution in [1.29, 1.82) is 0 Å². The standard InChI is InChI=1S/C21H19N3O2/c1-23-12-18(25)24-17(21(23)26)11-15-14-9-5-6-10-16(14)22-19(15)20(24)13-7-3-2-4-8-13/h2-10,17,20,22H,11-12H2,1H3/t17-,20+/m1/s1. The number of H-pyrrole nitrogens is 1. The average molecular weight is 345 g/mol. The summed E-state index contributed by atoms with van der Waals surface area (Å²) in [5.41, 5.74) is 4.24. The molecule has 1 fully saturated rings. The smallest absolute Gasteiger partial charge is 0.245 e. The van der Waals surface area contributed by atoms with Crippen LogP contribution in [0.25, 0.3) is 10.9 Å². The maximum absolute atomic E-state index is 12.9. The van der Waals surface area contributed by atoms with E-state index in [0.29, 0.717) is 6.42 Å². The minimum absolute atomic E-state index is 0.00439. The number of likely N-dealkylation sites (N-methyl/N-ethyl adjacent to an activating group) is 1. The minimum Gasteiger partial charge on any atom is -0.356 e. The minimum atomic E-state index is -0.446. The van der Waals surface area contributed by atoms with Crippen LogP contribution in [0.5, 0.6) is 0 Å². The molecule has 2 aromatic carbocycles. The zero-order chi connectivity index (χ0) is 17.8. The summed E-state index contributed by atoms with van der Waals surface area (Å²) >= 11 is 0. The molecule has 2 aliphatic heterocycles. The van der Waals surface area contributed by atoms with Crippen molar-refractivity contribution in [3.05, 3.63) is 71.4 Å². The van der Waals surface area contributed by atoms with Crippen molar-refractivity contribution in [2.24, 2.45) is 0 Å². The highest BCUT2D eigenvalue weighted by Gasteiger charge is 2.47. The van der Waals surface area contributed by atoms with Gasteiger partial charge in [0.15, 0.2) is 0 Å². The summed E-state index contributed by atoms with van der Waals surface area (Å²) < 4.78 is 0. The van der Waals surface area contributed by atoms with Gasteiger partial charge in [-0.05, 0) is 17.2 Å². The van der Waals surface area contributed by atoms with Gasteiger partial charge in [0, 0.05) is 30.1 Å². The first-order chi connectivity index (χ1) is 12.6. The highest BCUT2D eigenvalue weighted by atomic mass is 16.2. The molecule has 0 radical (unpaired) electrons. The zero-order valence-corrected chi connectivity index (χ0v) is 14.5. The summed E-state index contributed by atoms with van der Waals surface area (Å²) in [5.74, 6) is 0.0109. The SMILES string of the molecule is CN1CC(=O)N2[C@@H](c3ccccc3)c3[nH]c4ccccc4c3C[C@@H]2C1=O. The van der Waals surface area contributed by atoms with Crippen LogP contribution in [0.2, 0.25) is 0 Å². The van der Waals surface area contributed by atoms with Gasteiger partial charge in [0.1, 0.15) is 6.04 Å². The third kappa shape index (κ3) is 2.03. The Bertz CT molecular complexity index is 1020. The van der Waals surface area contributed by atoms with Gasteiger partial charge < -0.3 is 14.8 Å². The van der Waals surface area contributed by atoms with Crippen molar-refractivity contribution < 1.29 is 9.59 Å². The number of aromatic amines is 1. The molecular formula is C21H19N3O2. The number of hydrogen-bond acceptors (Lipinski definition) is 2. The van der Waals surface area contributed by atoms with Crippen LogP contribution in [0, 0.1) is 0 Å². The summed E-state index contributed by atoms with van der Waals surface area (Å²) in [6.07, 6.45) is 0.553. The number of nitrogens with zero attached hydrogens (tertiary/aromatic N) is 2. The summed E-state index contributed by atoms with van der Waals surface area (Å²) in [7, 11) is 1.71. The van der Waals surface area contributed by atoms with E-state index in [9.17, 15) is 9.59 Å². The van der Waals surface area contributed by atoms with Crippen LogP contribution >= 0.6 is 0 Å². The molecule has 5 nitrogen and oxygen atoms in total. The zero-order valence-electron chi connectivity index (χ0n) is 14.5. The monoisotopic (exact) mass is 345 g/mol. The van der Waals surface area contributed by atoms with Crippen LogP contribution in [0.4, 0.5) is 0 Å². The Labute approximate surface area is 151 Å². The fraction of sp³-hybridized carbons (Fsp3) is 0.238. The number of para-hydroxylation sites is 1. The van der Waals surface area contributed by atoms with Crippen molar-refractivity contribution in [3.63, 3.8) is 0 Å². The maximum Gasteiger partial charge on any atom is 0.245 e. The predicted molar refractivity (Wildman–Crippen MR) is 98.6 cm³/mol. The van der Waals surface area contributed by atoms with E-state index in [-0.39, 0.29) is 24.4 Å². The predicted octanol–water partition coefficient (Wildman–Crippen LogP) is 2.48. The normalized spacial score (nSPS) is 22.5. The number of hydrogen-bond donors (Lipinski definition) is 1. The van der Waals surface area contributed by atoms with Gasteiger partial charge in [-0.3, -0.25) is 9.59 Å². The number of amides is 2. The third-order valence-electron chi connectivity index (χ3n) is 5.57. The number of benzene rings is 2. The van der Waals surface area contributed by atoms with E-state index in [0.717, 1.165) is 27.7 Å². The van der Waals surface area contributed by atoms with Crippen LogP contribution in [0.15, 0.2) is 54.6 Å². The largest absolute Gasteiger partial charge is 0.356 e. The molecule has 0 saturated carbocycles. The number of carbonyl (C=O) groups excluding carboxylic acids is 2. The quantitative estimate of drug-likeness (QED) is 0.737. The number of piperazine rings is 1. The van der Waals surface area contributed by atoms with E-state index >= 15 is 0 Å². The molecule has 2 aliphatic rings. The second-order valence-corrected chi connectivity index (χ2v) is 7.09. The van der Waals surface area contributed by atoms with E-state index in [1.165, 1.54) is 0 Å². The molecule has 5 heteroatoms. The van der Waals surface area contributed by atoms with Crippen LogP contribution < -0.4 is 0 Å². The first-order valence-corrected chi connectivity index (χ1v) is 8.85. The average Bonchev–Trinajstić information content (AvgIpc) is 3.03. The number of rotatable bonds is 1. The van der Waals surface area contributed by atoms with E-state index in [4.69, 9.17) is 0 Å². The first kappa shape index (κ1) is 15.2. The molecule has 0 aliphatic carbocycles. The van der Waals surface area contributed by atoms with Crippen LogP contribution in [0.1, 0.15) is 22.9 Å². The lowest BCUT2D eigenvalue weighted by atomic mass is 9.86. The van der Waals surface area contributed by atoms with Crippen LogP contribution in [-0.2, 0) is 16.0 Å². The van der Waals surface area contributed by atoms with Gasteiger partial charge in [0.05, 0.1) is 12.6 Å². The Morgan fingerprint density at radius 3 is 2.54 bits per heavy atom. The number of nitrogens with one attached hydrogen (secondary N) is 1. The van der Waals surface area contributed by atoms with E-state index in [2.05, 4.69) is 11.1 Å². The Kier molecular flexibility index (Phi) is 3.19. The highest BCUT2D eigenvalue weighted by Crippen LogP contribution is 2.42. The van der Waals surface area contributed by atoms with Crippen molar-refractivity contribution in [2.45, 2.75) is 18.5 Å². The molecule has 0 bridgehead atoms. The molecule has 26 heavy (non-hydrogen) atoms. The Morgan fingerprint density at radius 1 is 1.00 bits per heavy atom. The highest BCUT2D eigenvalue weighted by molar-refractivity contribution is 5.97. The third-order valence-corrected chi connectivity index (χ3v) is 5.57. The lowest BCUT2D eigenvalue weighted by Crippen LogP contribution is -2.62. The molecule has 2 amide bonds. The molecular weight excluding hydrogens is 326 g/mol. The van der Waals surface area contributed by atoms with Crippen LogP contribution in [-0.4, -0.2) is 46.2 Å². The van der Waals surface area contributed by atoms with Gasteiger partial charge in [-0.15, -0.1) is 0 Å². The summed E-state index contributed by atoms with van der Waals surface area (Å²) in [4.78, 5) is 32.6. The molecule has 5 rings (SSSR count). The fourth-order valence-corrected chi connectivity index (χ4v) is 4.39. The Morgan fingerprint density at radius 2 is 1.73 bits per heavy atom. The second kappa shape index (κ2) is 5.46. The molecule has 0 spiro atoms. The molecule has 130 valence electrons. The second-order valence-electron chi connectivity index (χ2n) is 7.09. The first-order valence-electron chi connectivity index (χ1n) is 8.85. The molecule has 0 unspecified atom stereocenters. The van der Waals surface area contributed by atoms with Gasteiger partial charge in [-0.2, -0.15) is 0 Å². The Balaban J connectivity index is 1.77. The van der Waals surface area contributed by atoms with Crippen molar-refractivity contribution >= 4 is 22.7 Å². The topological polar surface area (TPSA) is 56.4 Å². The number of aromatic nitrogens is 1. The summed E-state index contributed by atoms with van der Waals surface area (Å²) in [5, 5.41) is 1.14. The van der Waals surface area contributed by atoms with E-state index in [1.807, 2.05) is 48.5 Å². The molecule has 3 aromatic rings. The number of fused-ring (bicyclic) bond motifs is 4. The van der Waals surface area contributed by atoms with Crippen molar-refractivity contribution in [2.75, 3.05) is 13.6 Å². The molecule has 1 N–H and O–H groups in total. The van der Waals surface area contributed by atoms with Gasteiger partial charge in [0.2, 0.25) is 11.8 Å². The summed E-state index contributed by atoms with van der Waals surface area (Å²) in [6.45, 7) is 0.133. The van der Waals surface area contributed by atoms with Gasteiger partial charge in [-0.25, -0.2) is 0 Å².